The minimum Gasteiger partial charge on any atom is -0.460 e. The minimum absolute atomic E-state index is 0.0408. The molecule has 0 radical (unpaired) electrons. The smallest absolute Gasteiger partial charge is 0.336 e. The van der Waals surface area contributed by atoms with Crippen LogP contribution < -0.4 is 5.32 Å². The average Bonchev–Trinajstić information content (AvgIpc) is 3.18. The van der Waals surface area contributed by atoms with Crippen LogP contribution in [0.1, 0.15) is 51.5 Å². The van der Waals surface area contributed by atoms with Crippen LogP contribution in [0.3, 0.4) is 0 Å². The highest BCUT2D eigenvalue weighted by molar-refractivity contribution is 9.10. The highest BCUT2D eigenvalue weighted by atomic mass is 79.9. The Morgan fingerprint density at radius 1 is 1.30 bits per heavy atom. The topological polar surface area (TPSA) is 64.6 Å². The van der Waals surface area contributed by atoms with E-state index in [1.165, 1.54) is 0 Å². The zero-order chi connectivity index (χ0) is 21.5. The third-order valence-corrected chi connectivity index (χ3v) is 6.84. The zero-order valence-corrected chi connectivity index (χ0v) is 19.3. The van der Waals surface area contributed by atoms with Crippen LogP contribution in [-0.4, -0.2) is 31.1 Å². The van der Waals surface area contributed by atoms with Gasteiger partial charge in [-0.3, -0.25) is 4.79 Å². The van der Waals surface area contributed by atoms with Gasteiger partial charge in [-0.2, -0.15) is 0 Å². The number of nitrogens with one attached hydrogen (secondary N) is 1. The molecule has 1 fully saturated rings. The SMILES string of the molecule is CC1=C(C(=O)OCC2CCCO2)C(c2ccccc2Br)C2C(=O)CC(C)(C)C=C2N1. The first-order valence-corrected chi connectivity index (χ1v) is 11.3. The van der Waals surface area contributed by atoms with Gasteiger partial charge in [0.2, 0.25) is 0 Å². The third-order valence-electron chi connectivity index (χ3n) is 6.12. The fourth-order valence-corrected chi connectivity index (χ4v) is 5.35. The Kier molecular flexibility index (Phi) is 5.90. The molecular weight excluding hydrogens is 446 g/mol. The van der Waals surface area contributed by atoms with Gasteiger partial charge in [0.1, 0.15) is 12.4 Å². The molecular formula is C24H28BrNO4. The number of rotatable bonds is 4. The molecule has 1 aliphatic carbocycles. The molecule has 0 spiro atoms. The van der Waals surface area contributed by atoms with Crippen molar-refractivity contribution in [3.05, 3.63) is 57.3 Å². The van der Waals surface area contributed by atoms with E-state index in [2.05, 4.69) is 41.2 Å². The van der Waals surface area contributed by atoms with Crippen LogP contribution in [-0.2, 0) is 19.1 Å². The summed E-state index contributed by atoms with van der Waals surface area (Å²) in [6.07, 6.45) is 4.44. The maximum absolute atomic E-state index is 13.3. The van der Waals surface area contributed by atoms with Crippen LogP contribution in [0.25, 0.3) is 0 Å². The van der Waals surface area contributed by atoms with Gasteiger partial charge >= 0.3 is 5.97 Å². The summed E-state index contributed by atoms with van der Waals surface area (Å²) in [6, 6.07) is 7.80. The summed E-state index contributed by atoms with van der Waals surface area (Å²) in [4.78, 5) is 26.5. The highest BCUT2D eigenvalue weighted by Gasteiger charge is 2.46. The molecule has 160 valence electrons. The van der Waals surface area contributed by atoms with Crippen LogP contribution in [0, 0.1) is 11.3 Å². The number of Topliss-reactive ketones (excluding diaryl/α,β-unsaturated/α-hetero) is 1. The van der Waals surface area contributed by atoms with E-state index >= 15 is 0 Å². The van der Waals surface area contributed by atoms with E-state index < -0.39 is 11.8 Å². The van der Waals surface area contributed by atoms with Crippen LogP contribution >= 0.6 is 15.9 Å². The van der Waals surface area contributed by atoms with Gasteiger partial charge in [-0.05, 0) is 36.8 Å². The van der Waals surface area contributed by atoms with E-state index in [1.54, 1.807) is 0 Å². The Morgan fingerprint density at radius 2 is 2.07 bits per heavy atom. The molecule has 0 amide bonds. The second kappa shape index (κ2) is 8.31. The van der Waals surface area contributed by atoms with Crippen molar-refractivity contribution in [1.82, 2.24) is 5.32 Å². The van der Waals surface area contributed by atoms with E-state index in [4.69, 9.17) is 9.47 Å². The second-order valence-corrected chi connectivity index (χ2v) is 9.96. The molecule has 4 rings (SSSR count). The number of ketones is 1. The molecule has 0 saturated carbocycles. The van der Waals surface area contributed by atoms with Crippen LogP contribution in [0.5, 0.6) is 0 Å². The molecule has 1 aromatic carbocycles. The Hall–Kier alpha value is -1.92. The lowest BCUT2D eigenvalue weighted by atomic mass is 9.66. The number of carbonyl (C=O) groups is 2. The second-order valence-electron chi connectivity index (χ2n) is 9.11. The average molecular weight is 474 g/mol. The van der Waals surface area contributed by atoms with Crippen molar-refractivity contribution < 1.29 is 19.1 Å². The Bertz CT molecular complexity index is 927. The first-order valence-electron chi connectivity index (χ1n) is 10.5. The maximum Gasteiger partial charge on any atom is 0.336 e. The van der Waals surface area contributed by atoms with E-state index in [0.717, 1.165) is 34.3 Å². The lowest BCUT2D eigenvalue weighted by molar-refractivity contribution is -0.143. The van der Waals surface area contributed by atoms with Crippen LogP contribution in [0.4, 0.5) is 0 Å². The number of esters is 1. The van der Waals surface area contributed by atoms with E-state index in [0.29, 0.717) is 18.6 Å². The predicted molar refractivity (Wildman–Crippen MR) is 118 cm³/mol. The summed E-state index contributed by atoms with van der Waals surface area (Å²) in [6.45, 7) is 6.97. The van der Waals surface area contributed by atoms with Crippen molar-refractivity contribution in [3.8, 4) is 0 Å². The molecule has 0 bridgehead atoms. The third kappa shape index (κ3) is 4.12. The van der Waals surface area contributed by atoms with Gasteiger partial charge in [-0.25, -0.2) is 4.79 Å². The monoisotopic (exact) mass is 473 g/mol. The molecule has 3 aliphatic rings. The van der Waals surface area contributed by atoms with Gasteiger partial charge in [0, 0.05) is 34.8 Å². The summed E-state index contributed by atoms with van der Waals surface area (Å²) in [5.74, 6) is -1.06. The van der Waals surface area contributed by atoms with Gasteiger partial charge in [0.15, 0.2) is 0 Å². The first-order chi connectivity index (χ1) is 14.3. The number of hydrogen-bond donors (Lipinski definition) is 1. The molecule has 3 atom stereocenters. The lowest BCUT2D eigenvalue weighted by Crippen LogP contribution is -2.43. The first kappa shape index (κ1) is 21.3. The van der Waals surface area contributed by atoms with E-state index in [1.807, 2.05) is 31.2 Å². The molecule has 2 heterocycles. The molecule has 30 heavy (non-hydrogen) atoms. The molecule has 0 aromatic heterocycles. The van der Waals surface area contributed by atoms with E-state index in [-0.39, 0.29) is 29.9 Å². The fourth-order valence-electron chi connectivity index (χ4n) is 4.82. The number of ether oxygens (including phenoxy) is 2. The Labute approximate surface area is 186 Å². The van der Waals surface area contributed by atoms with E-state index in [9.17, 15) is 9.59 Å². The zero-order valence-electron chi connectivity index (χ0n) is 17.7. The number of fused-ring (bicyclic) bond motifs is 1. The van der Waals surface area contributed by atoms with Crippen molar-refractivity contribution in [2.24, 2.45) is 11.3 Å². The van der Waals surface area contributed by atoms with Gasteiger partial charge in [-0.1, -0.05) is 54.1 Å². The predicted octanol–water partition coefficient (Wildman–Crippen LogP) is 4.63. The molecule has 5 nitrogen and oxygen atoms in total. The number of benzene rings is 1. The van der Waals surface area contributed by atoms with Gasteiger partial charge in [-0.15, -0.1) is 0 Å². The minimum atomic E-state index is -0.425. The van der Waals surface area contributed by atoms with Gasteiger partial charge in [0.25, 0.3) is 0 Å². The van der Waals surface area contributed by atoms with Crippen LogP contribution in [0.15, 0.2) is 51.8 Å². The summed E-state index contributed by atoms with van der Waals surface area (Å²) >= 11 is 3.63. The number of allylic oxidation sites excluding steroid dienone is 3. The molecule has 1 saturated heterocycles. The molecule has 1 aromatic rings. The quantitative estimate of drug-likeness (QED) is 0.645. The van der Waals surface area contributed by atoms with Gasteiger partial charge in [0.05, 0.1) is 17.6 Å². The summed E-state index contributed by atoms with van der Waals surface area (Å²) in [5, 5.41) is 3.35. The number of halogens is 1. The standard InChI is InChI=1S/C24H28BrNO4/c1-14-20(23(28)30-13-15-7-6-10-29-15)21(16-8-4-5-9-17(16)25)22-18(26-14)11-24(2,3)12-19(22)27/h4-5,8-9,11,15,21-22,26H,6-7,10,12-13H2,1-3H3. The Morgan fingerprint density at radius 3 is 2.77 bits per heavy atom. The van der Waals surface area contributed by atoms with Gasteiger partial charge < -0.3 is 14.8 Å². The molecule has 1 N–H and O–H groups in total. The molecule has 6 heteroatoms. The van der Waals surface area contributed by atoms with Crippen LogP contribution in [0.2, 0.25) is 0 Å². The van der Waals surface area contributed by atoms with Crippen molar-refractivity contribution >= 4 is 27.7 Å². The largest absolute Gasteiger partial charge is 0.460 e. The van der Waals surface area contributed by atoms with Crippen molar-refractivity contribution in [1.29, 1.82) is 0 Å². The Balaban J connectivity index is 1.75. The summed E-state index contributed by atoms with van der Waals surface area (Å²) in [7, 11) is 0. The van der Waals surface area contributed by atoms with Crippen molar-refractivity contribution in [3.63, 3.8) is 0 Å². The highest BCUT2D eigenvalue weighted by Crippen LogP contribution is 2.48. The van der Waals surface area contributed by atoms with Crippen molar-refractivity contribution in [2.75, 3.05) is 13.2 Å². The molecule has 3 unspecified atom stereocenters. The summed E-state index contributed by atoms with van der Waals surface area (Å²) < 4.78 is 12.2. The number of hydrogen-bond acceptors (Lipinski definition) is 5. The fraction of sp³-hybridized carbons (Fsp3) is 0.500. The maximum atomic E-state index is 13.3. The normalized spacial score (nSPS) is 27.9. The summed E-state index contributed by atoms with van der Waals surface area (Å²) in [5.41, 5.74) is 2.85. The van der Waals surface area contributed by atoms with Crippen molar-refractivity contribution in [2.45, 2.75) is 52.1 Å². The lowest BCUT2D eigenvalue weighted by Gasteiger charge is -2.41. The number of carbonyl (C=O) groups excluding carboxylic acids is 2. The molecule has 2 aliphatic heterocycles.